The first-order chi connectivity index (χ1) is 20.3. The minimum absolute atomic E-state index is 0.0729. The lowest BCUT2D eigenvalue weighted by molar-refractivity contribution is -0.130. The fraction of sp³-hybridized carbons (Fsp3) is 0.562. The van der Waals surface area contributed by atoms with Gasteiger partial charge in [0.1, 0.15) is 11.5 Å². The molecule has 9 nitrogen and oxygen atoms in total. The lowest BCUT2D eigenvalue weighted by atomic mass is 9.73. The SMILES string of the molecule is C=CC(=O)N1CC(NC(=O)c2c(Cl)nc(CNc3n[nH]c4cc(Cl)c(C(C)(C)C)cc34)n2[C@H]2C[C@H](C)CC[C@H]2C(C)C)C1. The number of fused-ring (bicyclic) bond motifs is 1. The number of nitrogens with zero attached hydrogens (tertiary/aromatic N) is 4. The number of carbonyl (C=O) groups excluding carboxylic acids is 2. The van der Waals surface area contributed by atoms with E-state index in [1.165, 1.54) is 6.08 Å². The van der Waals surface area contributed by atoms with E-state index in [0.29, 0.717) is 59.7 Å². The summed E-state index contributed by atoms with van der Waals surface area (Å²) in [5.74, 6) is 2.29. The van der Waals surface area contributed by atoms with E-state index in [4.69, 9.17) is 28.2 Å². The standard InChI is InChI=1S/C32H43Cl2N7O2/c1-8-27(42)40-15-19(16-40)36-31(43)28-29(34)37-26(41(28)25-11-18(4)9-10-20(25)17(2)3)14-35-30-21-12-22(32(5,6)7)23(33)13-24(21)38-39-30/h8,12-13,17-20,25H,1,9-11,14-16H2,2-7H3,(H,36,43)(H2,35,38,39)/t18-,20+,25+/m1/s1. The van der Waals surface area contributed by atoms with Gasteiger partial charge in [0.2, 0.25) is 5.91 Å². The maximum atomic E-state index is 13.8. The Hall–Kier alpha value is -3.04. The van der Waals surface area contributed by atoms with Crippen LogP contribution in [-0.2, 0) is 16.8 Å². The van der Waals surface area contributed by atoms with Gasteiger partial charge in [0, 0.05) is 29.5 Å². The molecule has 1 aromatic carbocycles. The average Bonchev–Trinajstić information content (AvgIpc) is 3.46. The molecule has 3 aromatic rings. The molecule has 0 radical (unpaired) electrons. The molecule has 3 atom stereocenters. The highest BCUT2D eigenvalue weighted by Gasteiger charge is 2.38. The molecule has 0 unspecified atom stereocenters. The van der Waals surface area contributed by atoms with Crippen LogP contribution in [0.15, 0.2) is 24.8 Å². The molecule has 5 rings (SSSR count). The number of H-pyrrole nitrogens is 1. The molecule has 1 aliphatic heterocycles. The Morgan fingerprint density at radius 2 is 1.93 bits per heavy atom. The molecule has 11 heteroatoms. The van der Waals surface area contributed by atoms with Crippen molar-refractivity contribution in [3.8, 4) is 0 Å². The van der Waals surface area contributed by atoms with E-state index >= 15 is 0 Å². The van der Waals surface area contributed by atoms with Crippen LogP contribution in [0.3, 0.4) is 0 Å². The first-order valence-corrected chi connectivity index (χ1v) is 15.9. The minimum atomic E-state index is -0.269. The molecule has 0 spiro atoms. The molecule has 1 aliphatic carbocycles. The lowest BCUT2D eigenvalue weighted by Crippen LogP contribution is -2.60. The van der Waals surface area contributed by atoms with Gasteiger partial charge in [-0.3, -0.25) is 14.7 Å². The summed E-state index contributed by atoms with van der Waals surface area (Å²) in [7, 11) is 0. The highest BCUT2D eigenvalue weighted by molar-refractivity contribution is 6.32. The second-order valence-corrected chi connectivity index (χ2v) is 14.4. The summed E-state index contributed by atoms with van der Waals surface area (Å²) in [4.78, 5) is 32.1. The number of carbonyl (C=O) groups is 2. The summed E-state index contributed by atoms with van der Waals surface area (Å²) in [5.41, 5.74) is 2.12. The van der Waals surface area contributed by atoms with Crippen LogP contribution in [-0.4, -0.2) is 55.6 Å². The number of hydrogen-bond donors (Lipinski definition) is 3. The largest absolute Gasteiger partial charge is 0.361 e. The average molecular weight is 629 g/mol. The van der Waals surface area contributed by atoms with E-state index in [-0.39, 0.29) is 34.5 Å². The van der Waals surface area contributed by atoms with Crippen molar-refractivity contribution in [3.05, 3.63) is 52.0 Å². The number of halogens is 2. The number of hydrogen-bond acceptors (Lipinski definition) is 5. The predicted octanol–water partition coefficient (Wildman–Crippen LogP) is 6.74. The predicted molar refractivity (Wildman–Crippen MR) is 173 cm³/mol. The Kier molecular flexibility index (Phi) is 8.87. The van der Waals surface area contributed by atoms with Gasteiger partial charge in [-0.15, -0.1) is 0 Å². The summed E-state index contributed by atoms with van der Waals surface area (Å²) in [6.45, 7) is 17.9. The first-order valence-electron chi connectivity index (χ1n) is 15.2. The van der Waals surface area contributed by atoms with Crippen molar-refractivity contribution in [2.45, 2.75) is 84.8 Å². The number of imidazole rings is 1. The quantitative estimate of drug-likeness (QED) is 0.240. The summed E-state index contributed by atoms with van der Waals surface area (Å²) in [6, 6.07) is 3.92. The molecular formula is C32H43Cl2N7O2. The Bertz CT molecular complexity index is 1530. The van der Waals surface area contributed by atoms with Crippen LogP contribution in [0.5, 0.6) is 0 Å². The number of nitrogens with one attached hydrogen (secondary N) is 3. The van der Waals surface area contributed by atoms with Crippen molar-refractivity contribution in [1.82, 2.24) is 30.0 Å². The number of aromatic amines is 1. The highest BCUT2D eigenvalue weighted by Crippen LogP contribution is 2.43. The van der Waals surface area contributed by atoms with Crippen LogP contribution in [0, 0.1) is 17.8 Å². The van der Waals surface area contributed by atoms with Gasteiger partial charge >= 0.3 is 0 Å². The van der Waals surface area contributed by atoms with Crippen LogP contribution in [0.1, 0.15) is 88.7 Å². The number of likely N-dealkylation sites (tertiary alicyclic amines) is 1. The molecule has 2 amide bonds. The summed E-state index contributed by atoms with van der Waals surface area (Å²) in [6.07, 6.45) is 4.46. The maximum Gasteiger partial charge on any atom is 0.271 e. The zero-order valence-corrected chi connectivity index (χ0v) is 27.4. The van der Waals surface area contributed by atoms with Crippen LogP contribution in [0.25, 0.3) is 10.9 Å². The van der Waals surface area contributed by atoms with Gasteiger partial charge in [0.05, 0.1) is 18.1 Å². The summed E-state index contributed by atoms with van der Waals surface area (Å²) >= 11 is 13.4. The van der Waals surface area contributed by atoms with Crippen LogP contribution < -0.4 is 10.6 Å². The smallest absolute Gasteiger partial charge is 0.271 e. The monoisotopic (exact) mass is 627 g/mol. The fourth-order valence-corrected chi connectivity index (χ4v) is 7.35. The van der Waals surface area contributed by atoms with E-state index in [2.05, 4.69) is 79.6 Å². The third kappa shape index (κ3) is 6.29. The normalized spacial score (nSPS) is 21.2. The van der Waals surface area contributed by atoms with E-state index in [1.54, 1.807) is 4.90 Å². The number of aromatic nitrogens is 4. The molecule has 1 saturated carbocycles. The van der Waals surface area contributed by atoms with Crippen molar-refractivity contribution in [3.63, 3.8) is 0 Å². The molecule has 2 aliphatic rings. The molecule has 232 valence electrons. The Morgan fingerprint density at radius 1 is 1.21 bits per heavy atom. The van der Waals surface area contributed by atoms with E-state index in [0.717, 1.165) is 35.7 Å². The number of rotatable bonds is 8. The minimum Gasteiger partial charge on any atom is -0.361 e. The fourth-order valence-electron chi connectivity index (χ4n) is 6.63. The molecule has 43 heavy (non-hydrogen) atoms. The third-order valence-corrected chi connectivity index (χ3v) is 9.63. The van der Waals surface area contributed by atoms with Gasteiger partial charge in [-0.05, 0) is 59.8 Å². The third-order valence-electron chi connectivity index (χ3n) is 9.05. The molecule has 2 fully saturated rings. The van der Waals surface area contributed by atoms with E-state index in [1.807, 2.05) is 6.07 Å². The summed E-state index contributed by atoms with van der Waals surface area (Å²) in [5, 5.41) is 16.0. The van der Waals surface area contributed by atoms with Crippen molar-refractivity contribution >= 4 is 51.7 Å². The molecule has 3 heterocycles. The van der Waals surface area contributed by atoms with Gasteiger partial charge in [0.15, 0.2) is 11.0 Å². The topological polar surface area (TPSA) is 108 Å². The van der Waals surface area contributed by atoms with Gasteiger partial charge in [-0.2, -0.15) is 5.10 Å². The lowest BCUT2D eigenvalue weighted by Gasteiger charge is -2.40. The Balaban J connectivity index is 1.48. The number of anilines is 1. The summed E-state index contributed by atoms with van der Waals surface area (Å²) < 4.78 is 2.09. The number of amides is 2. The number of benzene rings is 1. The van der Waals surface area contributed by atoms with Crippen LogP contribution in [0.2, 0.25) is 10.2 Å². The van der Waals surface area contributed by atoms with Crippen molar-refractivity contribution in [1.29, 1.82) is 0 Å². The molecule has 0 bridgehead atoms. The molecular weight excluding hydrogens is 585 g/mol. The van der Waals surface area contributed by atoms with E-state index in [9.17, 15) is 9.59 Å². The van der Waals surface area contributed by atoms with Gasteiger partial charge in [-0.25, -0.2) is 4.98 Å². The zero-order valence-electron chi connectivity index (χ0n) is 25.9. The first kappa shape index (κ1) is 31.4. The van der Waals surface area contributed by atoms with Crippen LogP contribution >= 0.6 is 23.2 Å². The van der Waals surface area contributed by atoms with E-state index < -0.39 is 0 Å². The molecule has 2 aromatic heterocycles. The molecule has 3 N–H and O–H groups in total. The molecule has 1 saturated heterocycles. The van der Waals surface area contributed by atoms with Crippen molar-refractivity contribution in [2.75, 3.05) is 18.4 Å². The van der Waals surface area contributed by atoms with Gasteiger partial charge in [-0.1, -0.05) is 77.7 Å². The second kappa shape index (κ2) is 12.2. The van der Waals surface area contributed by atoms with Crippen molar-refractivity contribution in [2.24, 2.45) is 17.8 Å². The van der Waals surface area contributed by atoms with Crippen LogP contribution in [0.4, 0.5) is 5.82 Å². The highest BCUT2D eigenvalue weighted by atomic mass is 35.5. The van der Waals surface area contributed by atoms with Gasteiger partial charge in [0.25, 0.3) is 5.91 Å². The van der Waals surface area contributed by atoms with Crippen molar-refractivity contribution < 1.29 is 9.59 Å². The Morgan fingerprint density at radius 3 is 2.58 bits per heavy atom. The Labute approximate surface area is 263 Å². The maximum absolute atomic E-state index is 13.8. The van der Waals surface area contributed by atoms with Gasteiger partial charge < -0.3 is 20.1 Å². The zero-order chi connectivity index (χ0) is 31.2. The second-order valence-electron chi connectivity index (χ2n) is 13.6.